The number of amides is 1. The molecule has 0 unspecified atom stereocenters. The zero-order chi connectivity index (χ0) is 15.4. The number of carbonyl (C=O) groups excluding carboxylic acids is 1. The fourth-order valence-corrected chi connectivity index (χ4v) is 2.03. The van der Waals surface area contributed by atoms with E-state index in [2.05, 4.69) is 15.3 Å². The number of ether oxygens (including phenoxy) is 1. The van der Waals surface area contributed by atoms with Crippen LogP contribution in [0.25, 0.3) is 11.0 Å². The SMILES string of the molecule is O=C(COc1cccc(F)c1)NCc1nc2ccccc2[nH]1. The van der Waals surface area contributed by atoms with Crippen molar-refractivity contribution in [2.75, 3.05) is 6.61 Å². The van der Waals surface area contributed by atoms with Crippen LogP contribution in [0.1, 0.15) is 5.82 Å². The summed E-state index contributed by atoms with van der Waals surface area (Å²) in [6, 6.07) is 13.3. The minimum Gasteiger partial charge on any atom is -0.484 e. The molecule has 0 spiro atoms. The highest BCUT2D eigenvalue weighted by Gasteiger charge is 2.06. The number of aromatic nitrogens is 2. The van der Waals surface area contributed by atoms with Crippen molar-refractivity contribution in [3.05, 3.63) is 60.2 Å². The van der Waals surface area contributed by atoms with Crippen molar-refractivity contribution in [1.82, 2.24) is 15.3 Å². The summed E-state index contributed by atoms with van der Waals surface area (Å²) >= 11 is 0. The van der Waals surface area contributed by atoms with Gasteiger partial charge in [-0.15, -0.1) is 0 Å². The first kappa shape index (κ1) is 14.1. The minimum absolute atomic E-state index is 0.177. The van der Waals surface area contributed by atoms with Crippen LogP contribution in [0.15, 0.2) is 48.5 Å². The largest absolute Gasteiger partial charge is 0.484 e. The summed E-state index contributed by atoms with van der Waals surface area (Å²) in [5.41, 5.74) is 1.77. The topological polar surface area (TPSA) is 67.0 Å². The van der Waals surface area contributed by atoms with E-state index in [1.807, 2.05) is 24.3 Å². The highest BCUT2D eigenvalue weighted by atomic mass is 19.1. The molecule has 0 atom stereocenters. The number of nitrogens with zero attached hydrogens (tertiary/aromatic N) is 1. The third-order valence-corrected chi connectivity index (χ3v) is 3.06. The molecule has 2 N–H and O–H groups in total. The summed E-state index contributed by atoms with van der Waals surface area (Å²) in [7, 11) is 0. The molecule has 0 aliphatic rings. The van der Waals surface area contributed by atoms with Gasteiger partial charge in [-0.25, -0.2) is 9.37 Å². The number of aromatic amines is 1. The van der Waals surface area contributed by atoms with Gasteiger partial charge in [0.15, 0.2) is 6.61 Å². The first-order chi connectivity index (χ1) is 10.7. The van der Waals surface area contributed by atoms with E-state index in [1.54, 1.807) is 6.07 Å². The lowest BCUT2D eigenvalue weighted by atomic mass is 10.3. The minimum atomic E-state index is -0.403. The van der Waals surface area contributed by atoms with E-state index < -0.39 is 5.82 Å². The first-order valence-corrected chi connectivity index (χ1v) is 6.79. The van der Waals surface area contributed by atoms with Crippen LogP contribution < -0.4 is 10.1 Å². The zero-order valence-corrected chi connectivity index (χ0v) is 11.7. The molecule has 22 heavy (non-hydrogen) atoms. The predicted molar refractivity (Wildman–Crippen MR) is 79.8 cm³/mol. The second-order valence-corrected chi connectivity index (χ2v) is 4.72. The van der Waals surface area contributed by atoms with Crippen LogP contribution in [0.2, 0.25) is 0 Å². The number of benzene rings is 2. The van der Waals surface area contributed by atoms with E-state index in [9.17, 15) is 9.18 Å². The molecule has 6 heteroatoms. The van der Waals surface area contributed by atoms with Crippen molar-refractivity contribution in [3.63, 3.8) is 0 Å². The van der Waals surface area contributed by atoms with Gasteiger partial charge in [0.2, 0.25) is 0 Å². The number of imidazole rings is 1. The maximum atomic E-state index is 13.0. The Morgan fingerprint density at radius 2 is 2.09 bits per heavy atom. The first-order valence-electron chi connectivity index (χ1n) is 6.79. The molecule has 1 aromatic heterocycles. The number of fused-ring (bicyclic) bond motifs is 1. The molecular formula is C16H14FN3O2. The van der Waals surface area contributed by atoms with Gasteiger partial charge < -0.3 is 15.0 Å². The molecule has 3 aromatic rings. The van der Waals surface area contributed by atoms with Crippen LogP contribution in [0.3, 0.4) is 0 Å². The van der Waals surface area contributed by atoms with Crippen LogP contribution in [-0.4, -0.2) is 22.5 Å². The van der Waals surface area contributed by atoms with Crippen molar-refractivity contribution in [2.45, 2.75) is 6.54 Å². The number of H-pyrrole nitrogens is 1. The molecule has 0 saturated heterocycles. The van der Waals surface area contributed by atoms with Crippen LogP contribution >= 0.6 is 0 Å². The van der Waals surface area contributed by atoms with Gasteiger partial charge in [0.1, 0.15) is 17.4 Å². The molecule has 0 radical (unpaired) electrons. The van der Waals surface area contributed by atoms with Crippen molar-refractivity contribution < 1.29 is 13.9 Å². The van der Waals surface area contributed by atoms with E-state index in [1.165, 1.54) is 18.2 Å². The third kappa shape index (κ3) is 3.41. The number of hydrogen-bond donors (Lipinski definition) is 2. The molecule has 0 bridgehead atoms. The molecular weight excluding hydrogens is 285 g/mol. The normalized spacial score (nSPS) is 10.6. The molecule has 1 amide bonds. The average molecular weight is 299 g/mol. The predicted octanol–water partition coefficient (Wildman–Crippen LogP) is 2.40. The summed E-state index contributed by atoms with van der Waals surface area (Å²) in [5, 5.41) is 2.69. The van der Waals surface area contributed by atoms with Crippen LogP contribution in [0.5, 0.6) is 5.75 Å². The summed E-state index contributed by atoms with van der Waals surface area (Å²) in [4.78, 5) is 19.2. The van der Waals surface area contributed by atoms with Gasteiger partial charge >= 0.3 is 0 Å². The lowest BCUT2D eigenvalue weighted by molar-refractivity contribution is -0.123. The Morgan fingerprint density at radius 3 is 2.91 bits per heavy atom. The van der Waals surface area contributed by atoms with Crippen LogP contribution in [0.4, 0.5) is 4.39 Å². The molecule has 0 fully saturated rings. The molecule has 0 saturated carbocycles. The van der Waals surface area contributed by atoms with E-state index in [0.29, 0.717) is 11.6 Å². The fourth-order valence-electron chi connectivity index (χ4n) is 2.03. The molecule has 0 aliphatic carbocycles. The molecule has 5 nitrogen and oxygen atoms in total. The Labute approximate surface area is 126 Å². The zero-order valence-electron chi connectivity index (χ0n) is 11.7. The lowest BCUT2D eigenvalue weighted by Gasteiger charge is -2.06. The molecule has 3 rings (SSSR count). The van der Waals surface area contributed by atoms with Crippen molar-refractivity contribution in [1.29, 1.82) is 0 Å². The van der Waals surface area contributed by atoms with Gasteiger partial charge in [-0.1, -0.05) is 18.2 Å². The van der Waals surface area contributed by atoms with E-state index in [0.717, 1.165) is 11.0 Å². The Bertz CT molecular complexity index is 768. The van der Waals surface area contributed by atoms with Crippen molar-refractivity contribution >= 4 is 16.9 Å². The number of hydrogen-bond acceptors (Lipinski definition) is 3. The maximum Gasteiger partial charge on any atom is 0.258 e. The number of carbonyl (C=O) groups is 1. The smallest absolute Gasteiger partial charge is 0.258 e. The summed E-state index contributed by atoms with van der Waals surface area (Å²) in [5.74, 6) is 0.282. The number of halogens is 1. The van der Waals surface area contributed by atoms with Gasteiger partial charge in [0.05, 0.1) is 17.6 Å². The van der Waals surface area contributed by atoms with Gasteiger partial charge in [-0.3, -0.25) is 4.79 Å². The summed E-state index contributed by atoms with van der Waals surface area (Å²) < 4.78 is 18.2. The molecule has 2 aromatic carbocycles. The van der Waals surface area contributed by atoms with Crippen molar-refractivity contribution in [3.8, 4) is 5.75 Å². The number of nitrogens with one attached hydrogen (secondary N) is 2. The van der Waals surface area contributed by atoms with Crippen molar-refractivity contribution in [2.24, 2.45) is 0 Å². The Balaban J connectivity index is 1.51. The van der Waals surface area contributed by atoms with Gasteiger partial charge in [-0.2, -0.15) is 0 Å². The van der Waals surface area contributed by atoms with E-state index >= 15 is 0 Å². The Kier molecular flexibility index (Phi) is 4.00. The maximum absolute atomic E-state index is 13.0. The molecule has 0 aliphatic heterocycles. The molecule has 1 heterocycles. The number of rotatable bonds is 5. The quantitative estimate of drug-likeness (QED) is 0.760. The Morgan fingerprint density at radius 1 is 1.23 bits per heavy atom. The van der Waals surface area contributed by atoms with Gasteiger partial charge in [0.25, 0.3) is 5.91 Å². The highest BCUT2D eigenvalue weighted by Crippen LogP contribution is 2.12. The third-order valence-electron chi connectivity index (χ3n) is 3.06. The highest BCUT2D eigenvalue weighted by molar-refractivity contribution is 5.78. The van der Waals surface area contributed by atoms with E-state index in [-0.39, 0.29) is 19.1 Å². The second-order valence-electron chi connectivity index (χ2n) is 4.72. The number of para-hydroxylation sites is 2. The van der Waals surface area contributed by atoms with Gasteiger partial charge in [0, 0.05) is 6.07 Å². The average Bonchev–Trinajstić information content (AvgIpc) is 2.94. The van der Waals surface area contributed by atoms with Gasteiger partial charge in [-0.05, 0) is 24.3 Å². The Hall–Kier alpha value is -2.89. The lowest BCUT2D eigenvalue weighted by Crippen LogP contribution is -2.28. The fraction of sp³-hybridized carbons (Fsp3) is 0.125. The standard InChI is InChI=1S/C16H14FN3O2/c17-11-4-3-5-12(8-11)22-10-16(21)18-9-15-19-13-6-1-2-7-14(13)20-15/h1-8H,9-10H2,(H,18,21)(H,19,20). The monoisotopic (exact) mass is 299 g/mol. The summed E-state index contributed by atoms with van der Waals surface area (Å²) in [6.07, 6.45) is 0. The van der Waals surface area contributed by atoms with Crippen LogP contribution in [-0.2, 0) is 11.3 Å². The summed E-state index contributed by atoms with van der Waals surface area (Å²) in [6.45, 7) is 0.101. The van der Waals surface area contributed by atoms with E-state index in [4.69, 9.17) is 4.74 Å². The van der Waals surface area contributed by atoms with Crippen LogP contribution in [0, 0.1) is 5.82 Å². The molecule has 112 valence electrons. The second kappa shape index (κ2) is 6.26.